The topological polar surface area (TPSA) is 82.5 Å². The Morgan fingerprint density at radius 2 is 2.26 bits per heavy atom. The number of rotatable bonds is 5. The van der Waals surface area contributed by atoms with Crippen LogP contribution in [0.1, 0.15) is 23.2 Å². The van der Waals surface area contributed by atoms with Gasteiger partial charge in [0.15, 0.2) is 0 Å². The minimum Gasteiger partial charge on any atom is -0.478 e. The summed E-state index contributed by atoms with van der Waals surface area (Å²) in [5.74, 6) is -0.911. The number of carbonyl (C=O) groups excluding carboxylic acids is 1. The molecule has 1 aromatic rings. The van der Waals surface area contributed by atoms with Crippen molar-refractivity contribution in [1.29, 1.82) is 0 Å². The number of hydrogen-bond donors (Lipinski definition) is 2. The second-order valence-corrected chi connectivity index (χ2v) is 5.44. The number of halogens is 1. The third-order valence-corrected chi connectivity index (χ3v) is 3.18. The van der Waals surface area contributed by atoms with Gasteiger partial charge in [-0.3, -0.25) is 4.79 Å². The number of aromatic nitrogens is 1. The summed E-state index contributed by atoms with van der Waals surface area (Å²) in [4.78, 5) is 28.5. The predicted molar refractivity (Wildman–Crippen MR) is 73.3 cm³/mol. The number of aromatic carboxylic acids is 1. The van der Waals surface area contributed by atoms with Gasteiger partial charge in [-0.25, -0.2) is 9.78 Å². The molecule has 0 saturated heterocycles. The van der Waals surface area contributed by atoms with E-state index >= 15 is 0 Å². The van der Waals surface area contributed by atoms with Crippen molar-refractivity contribution in [3.63, 3.8) is 0 Å². The number of nitrogens with zero attached hydrogens (tertiary/aromatic N) is 2. The molecule has 19 heavy (non-hydrogen) atoms. The normalized spacial score (nSPS) is 14.0. The van der Waals surface area contributed by atoms with Crippen molar-refractivity contribution in [2.45, 2.75) is 18.9 Å². The van der Waals surface area contributed by atoms with E-state index in [0.29, 0.717) is 4.47 Å². The van der Waals surface area contributed by atoms with Crippen molar-refractivity contribution in [1.82, 2.24) is 10.3 Å². The number of likely N-dealkylation sites (N-methyl/N-ethyl adjacent to an activating group) is 1. The number of carboxylic acids is 1. The maximum Gasteiger partial charge on any atom is 0.339 e. The molecule has 1 aliphatic carbocycles. The molecule has 2 N–H and O–H groups in total. The van der Waals surface area contributed by atoms with Gasteiger partial charge < -0.3 is 15.3 Å². The van der Waals surface area contributed by atoms with Gasteiger partial charge in [-0.1, -0.05) is 0 Å². The Labute approximate surface area is 118 Å². The van der Waals surface area contributed by atoms with E-state index in [-0.39, 0.29) is 29.9 Å². The lowest BCUT2D eigenvalue weighted by Gasteiger charge is -2.19. The van der Waals surface area contributed by atoms with Gasteiger partial charge in [0.2, 0.25) is 5.91 Å². The van der Waals surface area contributed by atoms with E-state index in [0.717, 1.165) is 12.8 Å². The quantitative estimate of drug-likeness (QED) is 0.850. The number of carbonyl (C=O) groups is 2. The van der Waals surface area contributed by atoms with Crippen LogP contribution in [0.3, 0.4) is 0 Å². The lowest BCUT2D eigenvalue weighted by atomic mass is 10.2. The minimum absolute atomic E-state index is 0.0658. The number of carboxylic acid groups (broad SMARTS) is 1. The van der Waals surface area contributed by atoms with E-state index in [2.05, 4.69) is 26.2 Å². The molecular formula is C12H14BrN3O3. The fourth-order valence-electron chi connectivity index (χ4n) is 1.68. The number of anilines is 1. The Hall–Kier alpha value is -1.63. The number of nitrogens with one attached hydrogen (secondary N) is 1. The summed E-state index contributed by atoms with van der Waals surface area (Å²) >= 11 is 3.18. The van der Waals surface area contributed by atoms with Crippen LogP contribution >= 0.6 is 15.9 Å². The van der Waals surface area contributed by atoms with Crippen molar-refractivity contribution in [3.8, 4) is 0 Å². The molecule has 0 aliphatic heterocycles. The zero-order valence-corrected chi connectivity index (χ0v) is 12.0. The molecule has 6 nitrogen and oxygen atoms in total. The Bertz CT molecular complexity index is 517. The molecule has 0 unspecified atom stereocenters. The molecule has 1 fully saturated rings. The molecule has 1 aliphatic rings. The van der Waals surface area contributed by atoms with Gasteiger partial charge in [-0.2, -0.15) is 0 Å². The third-order valence-electron chi connectivity index (χ3n) is 2.75. The van der Waals surface area contributed by atoms with E-state index in [4.69, 9.17) is 5.11 Å². The molecule has 7 heteroatoms. The second-order valence-electron chi connectivity index (χ2n) is 4.53. The first-order valence-corrected chi connectivity index (χ1v) is 6.66. The third kappa shape index (κ3) is 3.66. The first kappa shape index (κ1) is 13.8. The van der Waals surface area contributed by atoms with Crippen LogP contribution in [0, 0.1) is 0 Å². The van der Waals surface area contributed by atoms with Crippen LogP contribution in [-0.4, -0.2) is 41.6 Å². The number of amides is 1. The summed E-state index contributed by atoms with van der Waals surface area (Å²) in [6.45, 7) is 0.0887. The molecular weight excluding hydrogens is 314 g/mol. The highest BCUT2D eigenvalue weighted by atomic mass is 79.9. The minimum atomic E-state index is -1.07. The molecule has 102 valence electrons. The molecule has 0 spiro atoms. The molecule has 1 amide bonds. The average molecular weight is 328 g/mol. The monoisotopic (exact) mass is 327 g/mol. The van der Waals surface area contributed by atoms with E-state index in [1.54, 1.807) is 7.05 Å². The smallest absolute Gasteiger partial charge is 0.339 e. The summed E-state index contributed by atoms with van der Waals surface area (Å²) in [5.41, 5.74) is 0.0658. The first-order chi connectivity index (χ1) is 8.97. The van der Waals surface area contributed by atoms with Gasteiger partial charge in [-0.15, -0.1) is 0 Å². The lowest BCUT2D eigenvalue weighted by molar-refractivity contribution is -0.119. The van der Waals surface area contributed by atoms with Crippen LogP contribution < -0.4 is 10.2 Å². The first-order valence-electron chi connectivity index (χ1n) is 5.86. The molecule has 1 heterocycles. The molecule has 1 saturated carbocycles. The number of pyridine rings is 1. The Morgan fingerprint density at radius 3 is 2.84 bits per heavy atom. The molecule has 0 radical (unpaired) electrons. The summed E-state index contributed by atoms with van der Waals surface area (Å²) < 4.78 is 0.587. The predicted octanol–water partition coefficient (Wildman–Crippen LogP) is 1.26. The van der Waals surface area contributed by atoms with E-state index in [1.165, 1.54) is 17.2 Å². The van der Waals surface area contributed by atoms with Gasteiger partial charge in [0.25, 0.3) is 0 Å². The van der Waals surface area contributed by atoms with Gasteiger partial charge in [0, 0.05) is 23.8 Å². The van der Waals surface area contributed by atoms with E-state index in [9.17, 15) is 9.59 Å². The molecule has 2 rings (SSSR count). The standard InChI is InChI=1S/C12H14BrN3O3/c1-16(6-10(17)15-8-2-3-8)11-9(12(18)19)4-7(13)5-14-11/h4-5,8H,2-3,6H2,1H3,(H,15,17)(H,18,19). The summed E-state index contributed by atoms with van der Waals surface area (Å²) in [5, 5.41) is 12.0. The molecule has 0 aromatic carbocycles. The molecule has 0 bridgehead atoms. The largest absolute Gasteiger partial charge is 0.478 e. The van der Waals surface area contributed by atoms with Crippen molar-refractivity contribution >= 4 is 33.6 Å². The van der Waals surface area contributed by atoms with Crippen LogP contribution in [0.4, 0.5) is 5.82 Å². The zero-order valence-electron chi connectivity index (χ0n) is 10.4. The summed E-state index contributed by atoms with van der Waals surface area (Å²) in [6, 6.07) is 1.76. The Kier molecular flexibility index (Phi) is 4.04. The number of hydrogen-bond acceptors (Lipinski definition) is 4. The van der Waals surface area contributed by atoms with Crippen molar-refractivity contribution in [2.24, 2.45) is 0 Å². The Morgan fingerprint density at radius 1 is 1.58 bits per heavy atom. The zero-order chi connectivity index (χ0) is 14.0. The highest BCUT2D eigenvalue weighted by molar-refractivity contribution is 9.10. The Balaban J connectivity index is 2.10. The van der Waals surface area contributed by atoms with E-state index in [1.807, 2.05) is 0 Å². The van der Waals surface area contributed by atoms with Crippen LogP contribution in [0.5, 0.6) is 0 Å². The fourth-order valence-corrected chi connectivity index (χ4v) is 2.02. The molecule has 1 aromatic heterocycles. The maximum absolute atomic E-state index is 11.7. The van der Waals surface area contributed by atoms with Crippen molar-refractivity contribution < 1.29 is 14.7 Å². The van der Waals surface area contributed by atoms with Gasteiger partial charge in [0.05, 0.1) is 6.54 Å². The van der Waals surface area contributed by atoms with E-state index < -0.39 is 5.97 Å². The molecule has 0 atom stereocenters. The maximum atomic E-state index is 11.7. The van der Waals surface area contributed by atoms with Crippen LogP contribution in [0.2, 0.25) is 0 Å². The fraction of sp³-hybridized carbons (Fsp3) is 0.417. The lowest BCUT2D eigenvalue weighted by Crippen LogP contribution is -2.37. The highest BCUT2D eigenvalue weighted by Gasteiger charge is 2.24. The highest BCUT2D eigenvalue weighted by Crippen LogP contribution is 2.21. The van der Waals surface area contributed by atoms with Crippen LogP contribution in [0.25, 0.3) is 0 Å². The van der Waals surface area contributed by atoms with Crippen LogP contribution in [0.15, 0.2) is 16.7 Å². The second kappa shape index (κ2) is 5.56. The summed E-state index contributed by atoms with van der Waals surface area (Å²) in [6.07, 6.45) is 3.55. The average Bonchev–Trinajstić information content (AvgIpc) is 3.12. The van der Waals surface area contributed by atoms with Gasteiger partial charge in [0.1, 0.15) is 11.4 Å². The van der Waals surface area contributed by atoms with Crippen LogP contribution in [-0.2, 0) is 4.79 Å². The van der Waals surface area contributed by atoms with Crippen molar-refractivity contribution in [3.05, 3.63) is 22.3 Å². The van der Waals surface area contributed by atoms with Crippen molar-refractivity contribution in [2.75, 3.05) is 18.5 Å². The van der Waals surface area contributed by atoms with Gasteiger partial charge >= 0.3 is 5.97 Å². The summed E-state index contributed by atoms with van der Waals surface area (Å²) in [7, 11) is 1.65. The SMILES string of the molecule is CN(CC(=O)NC1CC1)c1ncc(Br)cc1C(=O)O. The van der Waals surface area contributed by atoms with Gasteiger partial charge in [-0.05, 0) is 34.8 Å².